The lowest BCUT2D eigenvalue weighted by Gasteiger charge is -2.24. The number of hydrogen-bond acceptors (Lipinski definition) is 4. The second kappa shape index (κ2) is 5.86. The number of likely N-dealkylation sites (tertiary alicyclic amines) is 1. The Morgan fingerprint density at radius 1 is 1.46 bits per heavy atom. The number of halogens is 1. The highest BCUT2D eigenvalue weighted by Gasteiger charge is 2.42. The van der Waals surface area contributed by atoms with Gasteiger partial charge in [-0.3, -0.25) is 9.59 Å². The van der Waals surface area contributed by atoms with Crippen molar-refractivity contribution < 1.29 is 24.2 Å². The van der Waals surface area contributed by atoms with Gasteiger partial charge in [-0.15, -0.1) is 0 Å². The Hall–Kier alpha value is -2.48. The molecule has 1 saturated heterocycles. The van der Waals surface area contributed by atoms with E-state index in [2.05, 4.69) is 10.6 Å². The fourth-order valence-electron chi connectivity index (χ4n) is 2.76. The second-order valence-electron chi connectivity index (χ2n) is 6.13. The average molecular weight is 354 g/mol. The third-order valence-electron chi connectivity index (χ3n) is 4.19. The van der Waals surface area contributed by atoms with Crippen LogP contribution < -0.4 is 15.4 Å². The van der Waals surface area contributed by atoms with Crippen LogP contribution in [0, 0.1) is 5.41 Å². The molecule has 24 heavy (non-hydrogen) atoms. The van der Waals surface area contributed by atoms with Gasteiger partial charge in [0.05, 0.1) is 16.8 Å². The Labute approximate surface area is 142 Å². The van der Waals surface area contributed by atoms with E-state index in [1.165, 1.54) is 17.0 Å². The Morgan fingerprint density at radius 2 is 2.21 bits per heavy atom. The topological polar surface area (TPSA) is 108 Å². The van der Waals surface area contributed by atoms with Crippen molar-refractivity contribution in [3.05, 3.63) is 17.2 Å². The molecule has 1 fully saturated rings. The lowest BCUT2D eigenvalue weighted by Crippen LogP contribution is -2.37. The fraction of sp³-hybridized carbons (Fsp3) is 0.400. The van der Waals surface area contributed by atoms with E-state index in [0.717, 1.165) is 0 Å². The SMILES string of the molecule is CC1(C(=O)O)CCN(C(=O)Nc2cc(Cl)cc3c2OCC(=O)N3)C1. The molecule has 1 aromatic carbocycles. The number of carboxylic acid groups (broad SMARTS) is 1. The smallest absolute Gasteiger partial charge is 0.321 e. The van der Waals surface area contributed by atoms with Gasteiger partial charge in [0.1, 0.15) is 0 Å². The van der Waals surface area contributed by atoms with Crippen LogP contribution in [0.25, 0.3) is 0 Å². The van der Waals surface area contributed by atoms with Gasteiger partial charge in [0.2, 0.25) is 0 Å². The van der Waals surface area contributed by atoms with Gasteiger partial charge in [-0.1, -0.05) is 11.6 Å². The van der Waals surface area contributed by atoms with Crippen LogP contribution in [0.1, 0.15) is 13.3 Å². The number of anilines is 2. The van der Waals surface area contributed by atoms with Crippen LogP contribution in [-0.4, -0.2) is 47.6 Å². The molecule has 1 unspecified atom stereocenters. The van der Waals surface area contributed by atoms with Crippen LogP contribution in [0.15, 0.2) is 12.1 Å². The van der Waals surface area contributed by atoms with E-state index >= 15 is 0 Å². The van der Waals surface area contributed by atoms with E-state index in [1.807, 2.05) is 0 Å². The highest BCUT2D eigenvalue weighted by molar-refractivity contribution is 6.31. The van der Waals surface area contributed by atoms with Gasteiger partial charge in [-0.05, 0) is 25.5 Å². The molecule has 3 rings (SSSR count). The molecule has 3 amide bonds. The Bertz CT molecular complexity index is 738. The zero-order chi connectivity index (χ0) is 17.5. The summed E-state index contributed by atoms with van der Waals surface area (Å²) in [6.07, 6.45) is 0.385. The summed E-state index contributed by atoms with van der Waals surface area (Å²) in [6.45, 7) is 1.92. The maximum absolute atomic E-state index is 12.4. The predicted octanol–water partition coefficient (Wildman–Crippen LogP) is 2.00. The van der Waals surface area contributed by atoms with Crippen LogP contribution in [-0.2, 0) is 9.59 Å². The number of ether oxygens (including phenoxy) is 1. The van der Waals surface area contributed by atoms with Gasteiger partial charge in [0.25, 0.3) is 5.91 Å². The molecule has 128 valence electrons. The van der Waals surface area contributed by atoms with Crippen LogP contribution in [0.2, 0.25) is 5.02 Å². The summed E-state index contributed by atoms with van der Waals surface area (Å²) in [5, 5.41) is 14.9. The summed E-state index contributed by atoms with van der Waals surface area (Å²) in [5.41, 5.74) is -0.243. The molecule has 1 atom stereocenters. The number of carbonyl (C=O) groups excluding carboxylic acids is 2. The molecular formula is C15H16ClN3O5. The Morgan fingerprint density at radius 3 is 2.88 bits per heavy atom. The number of aliphatic carboxylic acids is 1. The zero-order valence-electron chi connectivity index (χ0n) is 12.9. The number of amides is 3. The minimum atomic E-state index is -0.949. The molecule has 0 spiro atoms. The summed E-state index contributed by atoms with van der Waals surface area (Å²) >= 11 is 6.01. The van der Waals surface area contributed by atoms with Gasteiger partial charge in [-0.2, -0.15) is 0 Å². The normalized spacial score (nSPS) is 22.4. The number of benzene rings is 1. The first-order chi connectivity index (χ1) is 11.3. The standard InChI is InChI=1S/C15H16ClN3O5/c1-15(13(21)22)2-3-19(7-15)14(23)18-10-5-8(16)4-9-12(10)24-6-11(20)17-9/h4-5H,2-3,6-7H2,1H3,(H,17,20)(H,18,23)(H,21,22). The third kappa shape index (κ3) is 2.96. The first kappa shape index (κ1) is 16.4. The largest absolute Gasteiger partial charge is 0.481 e. The number of carbonyl (C=O) groups is 3. The van der Waals surface area contributed by atoms with Crippen molar-refractivity contribution in [3.8, 4) is 5.75 Å². The lowest BCUT2D eigenvalue weighted by atomic mass is 9.90. The van der Waals surface area contributed by atoms with Gasteiger partial charge in [0.15, 0.2) is 12.4 Å². The van der Waals surface area contributed by atoms with Crippen molar-refractivity contribution in [1.29, 1.82) is 0 Å². The first-order valence-corrected chi connectivity index (χ1v) is 7.72. The predicted molar refractivity (Wildman–Crippen MR) is 86.5 cm³/mol. The van der Waals surface area contributed by atoms with Gasteiger partial charge >= 0.3 is 12.0 Å². The minimum absolute atomic E-state index is 0.120. The molecule has 0 aliphatic carbocycles. The van der Waals surface area contributed by atoms with Crippen molar-refractivity contribution in [2.75, 3.05) is 30.3 Å². The second-order valence-corrected chi connectivity index (χ2v) is 6.57. The summed E-state index contributed by atoms with van der Waals surface area (Å²) in [5.74, 6) is -0.907. The molecule has 2 heterocycles. The number of urea groups is 1. The molecule has 1 aromatic rings. The number of fused-ring (bicyclic) bond motifs is 1. The van der Waals surface area contributed by atoms with Crippen LogP contribution >= 0.6 is 11.6 Å². The molecule has 0 aromatic heterocycles. The number of nitrogens with one attached hydrogen (secondary N) is 2. The zero-order valence-corrected chi connectivity index (χ0v) is 13.6. The van der Waals surface area contributed by atoms with E-state index in [0.29, 0.717) is 35.1 Å². The average Bonchev–Trinajstić information content (AvgIpc) is 2.90. The molecule has 0 saturated carbocycles. The van der Waals surface area contributed by atoms with Gasteiger partial charge < -0.3 is 25.4 Å². The molecule has 0 radical (unpaired) electrons. The Balaban J connectivity index is 1.78. The molecule has 2 aliphatic heterocycles. The van der Waals surface area contributed by atoms with Crippen LogP contribution in [0.4, 0.5) is 16.2 Å². The van der Waals surface area contributed by atoms with Gasteiger partial charge in [-0.25, -0.2) is 4.79 Å². The van der Waals surface area contributed by atoms with Crippen molar-refractivity contribution >= 4 is 40.9 Å². The maximum Gasteiger partial charge on any atom is 0.321 e. The Kier molecular flexibility index (Phi) is 4.00. The summed E-state index contributed by atoms with van der Waals surface area (Å²) < 4.78 is 5.37. The number of rotatable bonds is 2. The van der Waals surface area contributed by atoms with Crippen LogP contribution in [0.5, 0.6) is 5.75 Å². The van der Waals surface area contributed by atoms with Crippen molar-refractivity contribution in [3.63, 3.8) is 0 Å². The molecule has 0 bridgehead atoms. The van der Waals surface area contributed by atoms with E-state index in [1.54, 1.807) is 6.92 Å². The van der Waals surface area contributed by atoms with Crippen molar-refractivity contribution in [2.24, 2.45) is 5.41 Å². The summed E-state index contributed by atoms with van der Waals surface area (Å²) in [6, 6.07) is 2.60. The monoisotopic (exact) mass is 353 g/mol. The van der Waals surface area contributed by atoms with E-state index in [4.69, 9.17) is 16.3 Å². The number of nitrogens with zero attached hydrogens (tertiary/aromatic N) is 1. The lowest BCUT2D eigenvalue weighted by molar-refractivity contribution is -0.147. The molecule has 8 nitrogen and oxygen atoms in total. The van der Waals surface area contributed by atoms with E-state index in [9.17, 15) is 19.5 Å². The minimum Gasteiger partial charge on any atom is -0.481 e. The number of carboxylic acids is 1. The molecule has 3 N–H and O–H groups in total. The van der Waals surface area contributed by atoms with Crippen molar-refractivity contribution in [2.45, 2.75) is 13.3 Å². The summed E-state index contributed by atoms with van der Waals surface area (Å²) in [7, 11) is 0. The van der Waals surface area contributed by atoms with Crippen molar-refractivity contribution in [1.82, 2.24) is 4.90 Å². The highest BCUT2D eigenvalue weighted by atomic mass is 35.5. The maximum atomic E-state index is 12.4. The third-order valence-corrected chi connectivity index (χ3v) is 4.41. The van der Waals surface area contributed by atoms with E-state index < -0.39 is 17.4 Å². The van der Waals surface area contributed by atoms with E-state index in [-0.39, 0.29) is 19.1 Å². The number of hydrogen-bond donors (Lipinski definition) is 3. The molecule has 9 heteroatoms. The fourth-order valence-corrected chi connectivity index (χ4v) is 2.98. The van der Waals surface area contributed by atoms with Crippen LogP contribution in [0.3, 0.4) is 0 Å². The molecular weight excluding hydrogens is 338 g/mol. The molecule has 2 aliphatic rings. The quantitative estimate of drug-likeness (QED) is 0.753. The summed E-state index contributed by atoms with van der Waals surface area (Å²) in [4.78, 5) is 36.5. The highest BCUT2D eigenvalue weighted by Crippen LogP contribution is 2.39. The first-order valence-electron chi connectivity index (χ1n) is 7.34. The van der Waals surface area contributed by atoms with Gasteiger partial charge in [0, 0.05) is 18.1 Å².